The molecule has 94 valence electrons. The lowest BCUT2D eigenvalue weighted by molar-refractivity contribution is -0.113. The van der Waals surface area contributed by atoms with Crippen molar-refractivity contribution in [1.29, 1.82) is 0 Å². The van der Waals surface area contributed by atoms with E-state index in [0.717, 1.165) is 4.34 Å². The van der Waals surface area contributed by atoms with E-state index in [1.807, 2.05) is 0 Å². The molecule has 0 aliphatic carbocycles. The fourth-order valence-electron chi connectivity index (χ4n) is 1.13. The molecule has 0 fully saturated rings. The van der Waals surface area contributed by atoms with Gasteiger partial charge in [0.1, 0.15) is 5.51 Å². The average molecular weight is 320 g/mol. The molecule has 0 aliphatic heterocycles. The van der Waals surface area contributed by atoms with Gasteiger partial charge in [-0.15, -0.1) is 10.2 Å². The Kier molecular flexibility index (Phi) is 4.82. The van der Waals surface area contributed by atoms with E-state index >= 15 is 0 Å². The zero-order chi connectivity index (χ0) is 13.0. The monoisotopic (exact) mass is 319 g/mol. The predicted molar refractivity (Wildman–Crippen MR) is 75.7 cm³/mol. The topological polar surface area (TPSA) is 54.9 Å². The zero-order valence-electron chi connectivity index (χ0n) is 8.89. The van der Waals surface area contributed by atoms with Crippen LogP contribution in [-0.2, 0) is 4.79 Å². The highest BCUT2D eigenvalue weighted by Gasteiger charge is 2.08. The van der Waals surface area contributed by atoms with Gasteiger partial charge in [0.05, 0.1) is 16.5 Å². The minimum Gasteiger partial charge on any atom is -0.324 e. The third-order valence-corrected chi connectivity index (χ3v) is 4.29. The van der Waals surface area contributed by atoms with Crippen molar-refractivity contribution < 1.29 is 4.79 Å². The summed E-state index contributed by atoms with van der Waals surface area (Å²) in [7, 11) is 0. The van der Waals surface area contributed by atoms with Crippen LogP contribution in [0.1, 0.15) is 0 Å². The van der Waals surface area contributed by atoms with Gasteiger partial charge in [0, 0.05) is 5.02 Å². The van der Waals surface area contributed by atoms with Gasteiger partial charge in [-0.25, -0.2) is 0 Å². The second-order valence-corrected chi connectivity index (χ2v) is 6.06. The third-order valence-electron chi connectivity index (χ3n) is 1.87. The van der Waals surface area contributed by atoms with Crippen LogP contribution in [0.3, 0.4) is 0 Å². The van der Waals surface area contributed by atoms with Crippen molar-refractivity contribution in [3.8, 4) is 0 Å². The van der Waals surface area contributed by atoms with Crippen LogP contribution in [0, 0.1) is 0 Å². The number of hydrogen-bond donors (Lipinski definition) is 1. The molecule has 2 rings (SSSR count). The molecular formula is C10H7Cl2N3OS2. The maximum atomic E-state index is 11.7. The third kappa shape index (κ3) is 3.84. The van der Waals surface area contributed by atoms with Gasteiger partial charge in [-0.2, -0.15) is 0 Å². The number of anilines is 1. The fourth-order valence-corrected chi connectivity index (χ4v) is 2.76. The summed E-state index contributed by atoms with van der Waals surface area (Å²) in [6.45, 7) is 0. The summed E-state index contributed by atoms with van der Waals surface area (Å²) in [6.07, 6.45) is 0. The Morgan fingerprint density at radius 1 is 1.44 bits per heavy atom. The van der Waals surface area contributed by atoms with Gasteiger partial charge in [-0.1, -0.05) is 46.3 Å². The first-order valence-electron chi connectivity index (χ1n) is 4.79. The molecule has 1 heterocycles. The largest absolute Gasteiger partial charge is 0.324 e. The van der Waals surface area contributed by atoms with Gasteiger partial charge in [-0.3, -0.25) is 4.79 Å². The van der Waals surface area contributed by atoms with E-state index < -0.39 is 0 Å². The summed E-state index contributed by atoms with van der Waals surface area (Å²) in [6, 6.07) is 4.91. The van der Waals surface area contributed by atoms with Crippen LogP contribution in [0.4, 0.5) is 5.69 Å². The Bertz CT molecular complexity index is 548. The molecule has 0 bridgehead atoms. The number of hydrogen-bond acceptors (Lipinski definition) is 5. The smallest absolute Gasteiger partial charge is 0.234 e. The van der Waals surface area contributed by atoms with Crippen LogP contribution in [0.15, 0.2) is 28.0 Å². The number of carbonyl (C=O) groups is 1. The lowest BCUT2D eigenvalue weighted by atomic mass is 10.3. The molecule has 1 aromatic carbocycles. The predicted octanol–water partition coefficient (Wildman–Crippen LogP) is 3.58. The van der Waals surface area contributed by atoms with Crippen LogP contribution in [0.5, 0.6) is 0 Å². The summed E-state index contributed by atoms with van der Waals surface area (Å²) in [5.41, 5.74) is 2.13. The Hall–Kier alpha value is -0.820. The Morgan fingerprint density at radius 2 is 2.28 bits per heavy atom. The number of halogens is 2. The number of benzene rings is 1. The summed E-state index contributed by atoms with van der Waals surface area (Å²) >= 11 is 14.5. The van der Waals surface area contributed by atoms with Crippen LogP contribution in [0.25, 0.3) is 0 Å². The normalized spacial score (nSPS) is 10.3. The van der Waals surface area contributed by atoms with Crippen molar-refractivity contribution >= 4 is 57.9 Å². The van der Waals surface area contributed by atoms with E-state index in [-0.39, 0.29) is 11.7 Å². The molecule has 0 spiro atoms. The van der Waals surface area contributed by atoms with Crippen molar-refractivity contribution in [3.05, 3.63) is 33.8 Å². The summed E-state index contributed by atoms with van der Waals surface area (Å²) in [5.74, 6) is 0.0808. The number of nitrogens with zero attached hydrogens (tertiary/aromatic N) is 2. The van der Waals surface area contributed by atoms with Crippen LogP contribution in [0.2, 0.25) is 10.0 Å². The Morgan fingerprint density at radius 3 is 3.00 bits per heavy atom. The maximum Gasteiger partial charge on any atom is 0.234 e. The van der Waals surface area contributed by atoms with Crippen molar-refractivity contribution in [2.45, 2.75) is 4.34 Å². The maximum absolute atomic E-state index is 11.7. The molecule has 1 amide bonds. The number of aromatic nitrogens is 2. The van der Waals surface area contributed by atoms with Gasteiger partial charge < -0.3 is 5.32 Å². The lowest BCUT2D eigenvalue weighted by Gasteiger charge is -2.06. The minimum absolute atomic E-state index is 0.167. The zero-order valence-corrected chi connectivity index (χ0v) is 12.0. The molecule has 0 saturated heterocycles. The van der Waals surface area contributed by atoms with Gasteiger partial charge in [0.15, 0.2) is 4.34 Å². The molecule has 1 aromatic heterocycles. The van der Waals surface area contributed by atoms with Crippen molar-refractivity contribution in [2.75, 3.05) is 11.1 Å². The molecule has 4 nitrogen and oxygen atoms in total. The Balaban J connectivity index is 1.92. The quantitative estimate of drug-likeness (QED) is 0.875. The molecule has 0 unspecified atom stereocenters. The number of carbonyl (C=O) groups excluding carboxylic acids is 1. The minimum atomic E-state index is -0.167. The van der Waals surface area contributed by atoms with E-state index in [1.165, 1.54) is 23.1 Å². The average Bonchev–Trinajstić information content (AvgIpc) is 2.84. The number of rotatable bonds is 4. The first-order chi connectivity index (χ1) is 8.65. The summed E-state index contributed by atoms with van der Waals surface area (Å²) in [4.78, 5) is 11.7. The SMILES string of the molecule is O=C(CSc1nncs1)Nc1cc(Cl)ccc1Cl. The molecule has 0 radical (unpaired) electrons. The van der Waals surface area contributed by atoms with Crippen molar-refractivity contribution in [1.82, 2.24) is 10.2 Å². The standard InChI is InChI=1S/C10H7Cl2N3OS2/c11-6-1-2-7(12)8(3-6)14-9(16)4-17-10-15-13-5-18-10/h1-3,5H,4H2,(H,14,16). The molecule has 0 aliphatic rings. The molecular weight excluding hydrogens is 313 g/mol. The highest BCUT2D eigenvalue weighted by atomic mass is 35.5. The lowest BCUT2D eigenvalue weighted by Crippen LogP contribution is -2.14. The summed E-state index contributed by atoms with van der Waals surface area (Å²) < 4.78 is 0.752. The molecule has 2 aromatic rings. The van der Waals surface area contributed by atoms with E-state index in [4.69, 9.17) is 23.2 Å². The van der Waals surface area contributed by atoms with Gasteiger partial charge in [0.2, 0.25) is 5.91 Å². The molecule has 0 saturated carbocycles. The second kappa shape index (κ2) is 6.38. The number of amides is 1. The van der Waals surface area contributed by atoms with Gasteiger partial charge >= 0.3 is 0 Å². The number of thioether (sulfide) groups is 1. The van der Waals surface area contributed by atoms with Crippen LogP contribution >= 0.6 is 46.3 Å². The van der Waals surface area contributed by atoms with Crippen molar-refractivity contribution in [3.63, 3.8) is 0 Å². The Labute approximate surface area is 122 Å². The highest BCUT2D eigenvalue weighted by molar-refractivity contribution is 8.01. The van der Waals surface area contributed by atoms with Gasteiger partial charge in [-0.05, 0) is 18.2 Å². The van der Waals surface area contributed by atoms with Crippen LogP contribution in [-0.4, -0.2) is 21.9 Å². The van der Waals surface area contributed by atoms with Crippen molar-refractivity contribution in [2.24, 2.45) is 0 Å². The first kappa shape index (κ1) is 13.6. The van der Waals surface area contributed by atoms with Gasteiger partial charge in [0.25, 0.3) is 0 Å². The fraction of sp³-hybridized carbons (Fsp3) is 0.100. The van der Waals surface area contributed by atoms with E-state index in [1.54, 1.807) is 23.7 Å². The molecule has 18 heavy (non-hydrogen) atoms. The molecule has 8 heteroatoms. The summed E-state index contributed by atoms with van der Waals surface area (Å²) in [5, 5.41) is 11.2. The molecule has 0 atom stereocenters. The molecule has 1 N–H and O–H groups in total. The van der Waals surface area contributed by atoms with E-state index in [0.29, 0.717) is 15.7 Å². The second-order valence-electron chi connectivity index (χ2n) is 3.17. The first-order valence-corrected chi connectivity index (χ1v) is 7.41. The highest BCUT2D eigenvalue weighted by Crippen LogP contribution is 2.26. The van der Waals surface area contributed by atoms with Crippen LogP contribution < -0.4 is 5.32 Å². The number of nitrogens with one attached hydrogen (secondary N) is 1. The van der Waals surface area contributed by atoms with E-state index in [2.05, 4.69) is 15.5 Å². The van der Waals surface area contributed by atoms with E-state index in [9.17, 15) is 4.79 Å².